The van der Waals surface area contributed by atoms with Gasteiger partial charge in [0.2, 0.25) is 0 Å². The van der Waals surface area contributed by atoms with Crippen molar-refractivity contribution in [2.75, 3.05) is 7.05 Å². The molecule has 2 heterocycles. The third-order valence-corrected chi connectivity index (χ3v) is 3.00. The van der Waals surface area contributed by atoms with Crippen molar-refractivity contribution in [2.24, 2.45) is 0 Å². The minimum absolute atomic E-state index is 0.102. The Morgan fingerprint density at radius 3 is 2.59 bits per heavy atom. The molecule has 2 aromatic heterocycles. The molecular formula is C14H17N3. The highest BCUT2D eigenvalue weighted by Crippen LogP contribution is 2.24. The van der Waals surface area contributed by atoms with Crippen LogP contribution in [0.2, 0.25) is 0 Å². The lowest BCUT2D eigenvalue weighted by Gasteiger charge is -2.19. The van der Waals surface area contributed by atoms with Crippen molar-refractivity contribution < 1.29 is 0 Å². The molecule has 0 aliphatic carbocycles. The molecule has 0 fully saturated rings. The average Bonchev–Trinajstić information content (AvgIpc) is 2.34. The van der Waals surface area contributed by atoms with E-state index in [1.165, 1.54) is 16.7 Å². The molecule has 0 amide bonds. The Morgan fingerprint density at radius 1 is 1.12 bits per heavy atom. The Balaban J connectivity index is 2.48. The molecule has 3 nitrogen and oxygen atoms in total. The molecule has 3 heteroatoms. The molecule has 0 radical (unpaired) electrons. The lowest BCUT2D eigenvalue weighted by atomic mass is 9.98. The first-order valence-corrected chi connectivity index (χ1v) is 5.73. The molecule has 0 bridgehead atoms. The van der Waals surface area contributed by atoms with Gasteiger partial charge in [0.15, 0.2) is 0 Å². The maximum atomic E-state index is 4.48. The van der Waals surface area contributed by atoms with E-state index in [2.05, 4.69) is 35.2 Å². The van der Waals surface area contributed by atoms with Crippen LogP contribution in [-0.2, 0) is 0 Å². The molecule has 2 aromatic rings. The van der Waals surface area contributed by atoms with Gasteiger partial charge in [0, 0.05) is 18.6 Å². The Morgan fingerprint density at radius 2 is 1.94 bits per heavy atom. The van der Waals surface area contributed by atoms with Gasteiger partial charge in [0.05, 0.1) is 11.7 Å². The summed E-state index contributed by atoms with van der Waals surface area (Å²) in [5.74, 6) is 0. The van der Waals surface area contributed by atoms with Crippen LogP contribution in [0.5, 0.6) is 0 Å². The molecule has 1 unspecified atom stereocenters. The number of nitrogens with zero attached hydrogens (tertiary/aromatic N) is 2. The molecule has 0 saturated carbocycles. The first kappa shape index (κ1) is 11.7. The monoisotopic (exact) mass is 227 g/mol. The summed E-state index contributed by atoms with van der Waals surface area (Å²) in [6, 6.07) is 6.17. The second kappa shape index (κ2) is 5.06. The maximum absolute atomic E-state index is 4.48. The van der Waals surface area contributed by atoms with E-state index in [1.807, 2.05) is 37.8 Å². The van der Waals surface area contributed by atoms with E-state index in [-0.39, 0.29) is 6.04 Å². The van der Waals surface area contributed by atoms with Crippen LogP contribution in [0, 0.1) is 13.8 Å². The van der Waals surface area contributed by atoms with Crippen molar-refractivity contribution in [2.45, 2.75) is 19.9 Å². The fourth-order valence-corrected chi connectivity index (χ4v) is 2.02. The topological polar surface area (TPSA) is 37.8 Å². The van der Waals surface area contributed by atoms with Gasteiger partial charge in [-0.05, 0) is 49.7 Å². The van der Waals surface area contributed by atoms with Crippen LogP contribution in [0.4, 0.5) is 0 Å². The van der Waals surface area contributed by atoms with E-state index in [4.69, 9.17) is 0 Å². The summed E-state index contributed by atoms with van der Waals surface area (Å²) in [6.07, 6.45) is 5.56. The molecule has 0 aliphatic rings. The van der Waals surface area contributed by atoms with Gasteiger partial charge in [-0.25, -0.2) is 0 Å². The molecule has 2 rings (SSSR count). The van der Waals surface area contributed by atoms with E-state index >= 15 is 0 Å². The van der Waals surface area contributed by atoms with Gasteiger partial charge in [-0.3, -0.25) is 9.97 Å². The van der Waals surface area contributed by atoms with Crippen molar-refractivity contribution in [3.8, 4) is 0 Å². The van der Waals surface area contributed by atoms with E-state index in [0.29, 0.717) is 0 Å². The summed E-state index contributed by atoms with van der Waals surface area (Å²) >= 11 is 0. The van der Waals surface area contributed by atoms with Gasteiger partial charge < -0.3 is 5.32 Å². The molecule has 1 N–H and O–H groups in total. The Labute approximate surface area is 102 Å². The zero-order chi connectivity index (χ0) is 12.3. The fraction of sp³-hybridized carbons (Fsp3) is 0.286. The lowest BCUT2D eigenvalue weighted by molar-refractivity contribution is 0.659. The van der Waals surface area contributed by atoms with Gasteiger partial charge in [-0.15, -0.1) is 0 Å². The predicted molar refractivity (Wildman–Crippen MR) is 68.9 cm³/mol. The molecular weight excluding hydrogens is 210 g/mol. The van der Waals surface area contributed by atoms with Gasteiger partial charge in [0.1, 0.15) is 0 Å². The van der Waals surface area contributed by atoms with Crippen LogP contribution in [0.3, 0.4) is 0 Å². The zero-order valence-corrected chi connectivity index (χ0v) is 10.4. The van der Waals surface area contributed by atoms with Crippen LogP contribution in [0.25, 0.3) is 0 Å². The largest absolute Gasteiger partial charge is 0.308 e. The van der Waals surface area contributed by atoms with Crippen LogP contribution < -0.4 is 5.32 Å². The standard InChI is InChI=1S/C14H17N3/c1-10-6-8-16-9-12(10)14(15-3)13-11(2)5-4-7-17-13/h4-9,14-15H,1-3H3. The summed E-state index contributed by atoms with van der Waals surface area (Å²) in [4.78, 5) is 8.68. The summed E-state index contributed by atoms with van der Waals surface area (Å²) < 4.78 is 0. The van der Waals surface area contributed by atoms with Crippen molar-refractivity contribution in [3.63, 3.8) is 0 Å². The van der Waals surface area contributed by atoms with E-state index in [9.17, 15) is 0 Å². The van der Waals surface area contributed by atoms with Gasteiger partial charge in [-0.2, -0.15) is 0 Å². The Bertz CT molecular complexity index is 463. The average molecular weight is 227 g/mol. The number of rotatable bonds is 3. The smallest absolute Gasteiger partial charge is 0.0769 e. The third-order valence-electron chi connectivity index (χ3n) is 3.00. The summed E-state index contributed by atoms with van der Waals surface area (Å²) in [6.45, 7) is 4.18. The number of nitrogens with one attached hydrogen (secondary N) is 1. The van der Waals surface area contributed by atoms with E-state index < -0.39 is 0 Å². The zero-order valence-electron chi connectivity index (χ0n) is 10.4. The number of hydrogen-bond donors (Lipinski definition) is 1. The molecule has 1 atom stereocenters. The minimum atomic E-state index is 0.102. The van der Waals surface area contributed by atoms with E-state index in [1.54, 1.807) is 0 Å². The molecule has 17 heavy (non-hydrogen) atoms. The van der Waals surface area contributed by atoms with Crippen molar-refractivity contribution in [1.29, 1.82) is 0 Å². The second-order valence-electron chi connectivity index (χ2n) is 4.16. The lowest BCUT2D eigenvalue weighted by Crippen LogP contribution is -2.21. The number of aromatic nitrogens is 2. The fourth-order valence-electron chi connectivity index (χ4n) is 2.02. The highest BCUT2D eigenvalue weighted by Gasteiger charge is 2.17. The quantitative estimate of drug-likeness (QED) is 0.875. The summed E-state index contributed by atoms with van der Waals surface area (Å²) in [5.41, 5.74) is 4.66. The van der Waals surface area contributed by atoms with Crippen molar-refractivity contribution in [1.82, 2.24) is 15.3 Å². The van der Waals surface area contributed by atoms with Crippen LogP contribution in [0.1, 0.15) is 28.4 Å². The summed E-state index contributed by atoms with van der Waals surface area (Å²) in [5, 5.41) is 3.31. The number of pyridine rings is 2. The number of hydrogen-bond acceptors (Lipinski definition) is 3. The maximum Gasteiger partial charge on any atom is 0.0769 e. The number of aryl methyl sites for hydroxylation is 2. The second-order valence-corrected chi connectivity index (χ2v) is 4.16. The van der Waals surface area contributed by atoms with Crippen LogP contribution in [0.15, 0.2) is 36.8 Å². The minimum Gasteiger partial charge on any atom is -0.308 e. The SMILES string of the molecule is CNC(c1cnccc1C)c1ncccc1C. The molecule has 0 spiro atoms. The first-order valence-electron chi connectivity index (χ1n) is 5.73. The van der Waals surface area contributed by atoms with Gasteiger partial charge in [0.25, 0.3) is 0 Å². The normalized spacial score (nSPS) is 12.4. The molecule has 0 aliphatic heterocycles. The van der Waals surface area contributed by atoms with Gasteiger partial charge >= 0.3 is 0 Å². The van der Waals surface area contributed by atoms with Crippen LogP contribution in [-0.4, -0.2) is 17.0 Å². The molecule has 88 valence electrons. The third kappa shape index (κ3) is 2.34. The Kier molecular flexibility index (Phi) is 3.49. The molecule has 0 saturated heterocycles. The summed E-state index contributed by atoms with van der Waals surface area (Å²) in [7, 11) is 1.95. The van der Waals surface area contributed by atoms with Gasteiger partial charge in [-0.1, -0.05) is 6.07 Å². The van der Waals surface area contributed by atoms with E-state index in [0.717, 1.165) is 5.69 Å². The first-order chi connectivity index (χ1) is 8.24. The highest BCUT2D eigenvalue weighted by molar-refractivity contribution is 5.34. The van der Waals surface area contributed by atoms with Crippen LogP contribution >= 0.6 is 0 Å². The predicted octanol–water partition coefficient (Wildman–Crippen LogP) is 2.40. The highest BCUT2D eigenvalue weighted by atomic mass is 14.9. The van der Waals surface area contributed by atoms with Crippen molar-refractivity contribution in [3.05, 3.63) is 59.2 Å². The Hall–Kier alpha value is -1.74. The van der Waals surface area contributed by atoms with Crippen molar-refractivity contribution >= 4 is 0 Å². The molecule has 0 aromatic carbocycles.